The van der Waals surface area contributed by atoms with Crippen molar-refractivity contribution < 1.29 is 4.74 Å². The van der Waals surface area contributed by atoms with Crippen LogP contribution >= 0.6 is 0 Å². The smallest absolute Gasteiger partial charge is 0.227 e. The maximum Gasteiger partial charge on any atom is 0.227 e. The van der Waals surface area contributed by atoms with E-state index < -0.39 is 0 Å². The number of anilines is 4. The number of ether oxygens (including phenoxy) is 1. The van der Waals surface area contributed by atoms with Gasteiger partial charge in [0.25, 0.3) is 0 Å². The lowest BCUT2D eigenvalue weighted by molar-refractivity contribution is 0.122. The Morgan fingerprint density at radius 3 is 2.69 bits per heavy atom. The summed E-state index contributed by atoms with van der Waals surface area (Å²) in [6.07, 6.45) is 5.16. The fourth-order valence-corrected chi connectivity index (χ4v) is 4.03. The highest BCUT2D eigenvalue weighted by atomic mass is 16.5. The van der Waals surface area contributed by atoms with Gasteiger partial charge in [0.1, 0.15) is 6.07 Å². The van der Waals surface area contributed by atoms with Gasteiger partial charge in [-0.3, -0.25) is 0 Å². The van der Waals surface area contributed by atoms with Crippen molar-refractivity contribution >= 4 is 23.3 Å². The zero-order valence-electron chi connectivity index (χ0n) is 18.1. The summed E-state index contributed by atoms with van der Waals surface area (Å²) in [6, 6.07) is 8.15. The molecule has 0 amide bonds. The van der Waals surface area contributed by atoms with Crippen LogP contribution in [-0.4, -0.2) is 52.8 Å². The molecule has 2 N–H and O–H groups in total. The first-order valence-electron chi connectivity index (χ1n) is 10.6. The van der Waals surface area contributed by atoms with Crippen LogP contribution < -0.4 is 15.5 Å². The second-order valence-electron chi connectivity index (χ2n) is 8.56. The Bertz CT molecular complexity index is 1180. The Hall–Kier alpha value is -3.77. The quantitative estimate of drug-likeness (QED) is 0.647. The van der Waals surface area contributed by atoms with E-state index in [2.05, 4.69) is 61.5 Å². The number of rotatable bonds is 4. The summed E-state index contributed by atoms with van der Waals surface area (Å²) in [4.78, 5) is 20.0. The second kappa shape index (κ2) is 8.05. The topological polar surface area (TPSA) is 112 Å². The molecule has 0 atom stereocenters. The number of hydrogen-bond donors (Lipinski definition) is 2. The van der Waals surface area contributed by atoms with Gasteiger partial charge in [-0.15, -0.1) is 0 Å². The summed E-state index contributed by atoms with van der Waals surface area (Å²) in [6.45, 7) is 8.10. The van der Waals surface area contributed by atoms with E-state index in [0.717, 1.165) is 42.1 Å². The Morgan fingerprint density at radius 2 is 1.94 bits per heavy atom. The molecule has 9 heteroatoms. The SMILES string of the molecule is CC1(C)CNc2c(C#N)cc(-c3ccnc(Nc4cnc(N5CCOCC5)nc4)n3)cc21. The van der Waals surface area contributed by atoms with E-state index in [1.54, 1.807) is 18.6 Å². The lowest BCUT2D eigenvalue weighted by atomic mass is 9.85. The van der Waals surface area contributed by atoms with Gasteiger partial charge in [-0.1, -0.05) is 13.8 Å². The van der Waals surface area contributed by atoms with Crippen molar-refractivity contribution in [2.24, 2.45) is 0 Å². The summed E-state index contributed by atoms with van der Waals surface area (Å²) >= 11 is 0. The van der Waals surface area contributed by atoms with E-state index in [9.17, 15) is 5.26 Å². The molecular formula is C23H24N8O. The molecule has 2 aliphatic rings. The highest BCUT2D eigenvalue weighted by Gasteiger charge is 2.32. The largest absolute Gasteiger partial charge is 0.383 e. The molecule has 0 aliphatic carbocycles. The van der Waals surface area contributed by atoms with Gasteiger partial charge < -0.3 is 20.3 Å². The maximum absolute atomic E-state index is 9.65. The number of hydrogen-bond acceptors (Lipinski definition) is 9. The predicted molar refractivity (Wildman–Crippen MR) is 122 cm³/mol. The molecule has 1 saturated heterocycles. The molecule has 3 aromatic rings. The molecule has 0 bridgehead atoms. The highest BCUT2D eigenvalue weighted by Crippen LogP contribution is 2.40. The molecule has 0 spiro atoms. The van der Waals surface area contributed by atoms with Gasteiger partial charge in [0.05, 0.1) is 48.2 Å². The van der Waals surface area contributed by atoms with Crippen molar-refractivity contribution in [2.45, 2.75) is 19.3 Å². The van der Waals surface area contributed by atoms with Gasteiger partial charge in [-0.05, 0) is 23.8 Å². The Morgan fingerprint density at radius 1 is 1.16 bits per heavy atom. The van der Waals surface area contributed by atoms with Crippen molar-refractivity contribution in [1.82, 2.24) is 19.9 Å². The molecule has 1 aromatic carbocycles. The standard InChI is InChI=1S/C23H24N8O/c1-23(2)14-28-20-16(11-24)9-15(10-18(20)23)19-3-4-25-21(30-19)29-17-12-26-22(27-13-17)31-5-7-32-8-6-31/h3-4,9-10,12-13,28H,5-8,14H2,1-2H3,(H,25,29,30). The van der Waals surface area contributed by atoms with Crippen LogP contribution in [0.1, 0.15) is 25.0 Å². The Balaban J connectivity index is 1.39. The summed E-state index contributed by atoms with van der Waals surface area (Å²) in [7, 11) is 0. The van der Waals surface area contributed by atoms with E-state index in [1.807, 2.05) is 12.1 Å². The second-order valence-corrected chi connectivity index (χ2v) is 8.56. The third-order valence-electron chi connectivity index (χ3n) is 5.83. The van der Waals surface area contributed by atoms with Crippen LogP contribution in [0.15, 0.2) is 36.8 Å². The number of benzene rings is 1. The predicted octanol–water partition coefficient (Wildman–Crippen LogP) is 3.09. The van der Waals surface area contributed by atoms with E-state index in [0.29, 0.717) is 36.4 Å². The number of nitrogens with one attached hydrogen (secondary N) is 2. The van der Waals surface area contributed by atoms with Crippen LogP contribution in [0.2, 0.25) is 0 Å². The zero-order valence-corrected chi connectivity index (χ0v) is 18.1. The number of nitrogens with zero attached hydrogens (tertiary/aromatic N) is 6. The lowest BCUT2D eigenvalue weighted by Gasteiger charge is -2.26. The first-order chi connectivity index (χ1) is 15.5. The lowest BCUT2D eigenvalue weighted by Crippen LogP contribution is -2.37. The van der Waals surface area contributed by atoms with Gasteiger partial charge in [-0.2, -0.15) is 5.26 Å². The average molecular weight is 429 g/mol. The van der Waals surface area contributed by atoms with Crippen LogP contribution in [0.4, 0.5) is 23.3 Å². The molecule has 2 aliphatic heterocycles. The summed E-state index contributed by atoms with van der Waals surface area (Å²) in [5, 5.41) is 16.2. The first-order valence-corrected chi connectivity index (χ1v) is 10.6. The molecule has 32 heavy (non-hydrogen) atoms. The minimum atomic E-state index is -0.0510. The molecule has 2 aromatic heterocycles. The fraction of sp³-hybridized carbons (Fsp3) is 0.348. The van der Waals surface area contributed by atoms with Crippen molar-refractivity contribution in [3.63, 3.8) is 0 Å². The highest BCUT2D eigenvalue weighted by molar-refractivity contribution is 5.76. The van der Waals surface area contributed by atoms with Crippen molar-refractivity contribution in [2.75, 3.05) is 48.4 Å². The maximum atomic E-state index is 9.65. The van der Waals surface area contributed by atoms with Crippen LogP contribution in [0.3, 0.4) is 0 Å². The van der Waals surface area contributed by atoms with Gasteiger partial charge in [0.15, 0.2) is 0 Å². The molecule has 1 fully saturated rings. The van der Waals surface area contributed by atoms with E-state index in [1.165, 1.54) is 0 Å². The van der Waals surface area contributed by atoms with E-state index in [-0.39, 0.29) is 5.41 Å². The van der Waals surface area contributed by atoms with Gasteiger partial charge in [0.2, 0.25) is 11.9 Å². The Kier molecular flexibility index (Phi) is 5.07. The fourth-order valence-electron chi connectivity index (χ4n) is 4.03. The minimum Gasteiger partial charge on any atom is -0.383 e. The van der Waals surface area contributed by atoms with Crippen molar-refractivity contribution in [1.29, 1.82) is 5.26 Å². The van der Waals surface area contributed by atoms with Crippen LogP contribution in [0, 0.1) is 11.3 Å². The third-order valence-corrected chi connectivity index (χ3v) is 5.83. The number of fused-ring (bicyclic) bond motifs is 1. The average Bonchev–Trinajstić information content (AvgIpc) is 3.14. The van der Waals surface area contributed by atoms with E-state index >= 15 is 0 Å². The van der Waals surface area contributed by atoms with Crippen LogP contribution in [0.25, 0.3) is 11.3 Å². The number of aromatic nitrogens is 4. The molecule has 0 unspecified atom stereocenters. The summed E-state index contributed by atoms with van der Waals surface area (Å²) < 4.78 is 5.37. The number of morpholine rings is 1. The normalized spacial score (nSPS) is 16.7. The molecule has 0 saturated carbocycles. The van der Waals surface area contributed by atoms with Gasteiger partial charge >= 0.3 is 0 Å². The summed E-state index contributed by atoms with van der Waals surface area (Å²) in [5.74, 6) is 1.13. The first kappa shape index (κ1) is 20.2. The van der Waals surface area contributed by atoms with Gasteiger partial charge in [-0.25, -0.2) is 19.9 Å². The third kappa shape index (κ3) is 3.81. The molecule has 4 heterocycles. The van der Waals surface area contributed by atoms with Gasteiger partial charge in [0, 0.05) is 36.8 Å². The zero-order chi connectivity index (χ0) is 22.1. The molecule has 0 radical (unpaired) electrons. The van der Waals surface area contributed by atoms with Crippen molar-refractivity contribution in [3.05, 3.63) is 47.9 Å². The van der Waals surface area contributed by atoms with Crippen LogP contribution in [-0.2, 0) is 10.2 Å². The minimum absolute atomic E-state index is 0.0510. The Labute approximate surface area is 186 Å². The monoisotopic (exact) mass is 428 g/mol. The molecule has 162 valence electrons. The van der Waals surface area contributed by atoms with Crippen molar-refractivity contribution in [3.8, 4) is 17.3 Å². The van der Waals surface area contributed by atoms with E-state index in [4.69, 9.17) is 4.74 Å². The molecular weight excluding hydrogens is 404 g/mol. The summed E-state index contributed by atoms with van der Waals surface area (Å²) in [5.41, 5.74) is 4.97. The van der Waals surface area contributed by atoms with Crippen LogP contribution in [0.5, 0.6) is 0 Å². The molecule has 9 nitrogen and oxygen atoms in total. The number of nitriles is 1. The molecule has 5 rings (SSSR count).